The summed E-state index contributed by atoms with van der Waals surface area (Å²) in [5.74, 6) is 1.66. The molecule has 0 aliphatic rings. The molecule has 0 radical (unpaired) electrons. The number of ether oxygens (including phenoxy) is 1. The summed E-state index contributed by atoms with van der Waals surface area (Å²) >= 11 is 5.82. The van der Waals surface area contributed by atoms with E-state index in [1.807, 2.05) is 36.4 Å². The van der Waals surface area contributed by atoms with E-state index in [1.165, 1.54) is 0 Å². The van der Waals surface area contributed by atoms with Crippen molar-refractivity contribution in [3.05, 3.63) is 59.4 Å². The van der Waals surface area contributed by atoms with Gasteiger partial charge in [-0.3, -0.25) is 4.79 Å². The van der Waals surface area contributed by atoms with Crippen molar-refractivity contribution in [3.63, 3.8) is 0 Å². The van der Waals surface area contributed by atoms with Crippen molar-refractivity contribution in [1.82, 2.24) is 15.3 Å². The highest BCUT2D eigenvalue weighted by Gasteiger charge is 2.04. The van der Waals surface area contributed by atoms with Gasteiger partial charge in [0.25, 0.3) is 0 Å². The second kappa shape index (κ2) is 8.53. The molecule has 1 amide bonds. The molecule has 2 N–H and O–H groups in total. The van der Waals surface area contributed by atoms with Crippen molar-refractivity contribution < 1.29 is 9.53 Å². The maximum atomic E-state index is 11.8. The van der Waals surface area contributed by atoms with Crippen molar-refractivity contribution in [2.45, 2.75) is 19.3 Å². The van der Waals surface area contributed by atoms with Gasteiger partial charge in [0.2, 0.25) is 5.91 Å². The molecule has 25 heavy (non-hydrogen) atoms. The highest BCUT2D eigenvalue weighted by atomic mass is 35.5. The number of nitrogens with zero attached hydrogens (tertiary/aromatic N) is 1. The molecular formula is C19H20ClN3O2. The summed E-state index contributed by atoms with van der Waals surface area (Å²) in [4.78, 5) is 19.6. The number of H-pyrrole nitrogens is 1. The van der Waals surface area contributed by atoms with Gasteiger partial charge in [0.15, 0.2) is 0 Å². The standard InChI is InChI=1S/C19H20ClN3O2/c20-14-7-9-15(10-8-14)25-13-3-6-19(24)21-12-11-18-22-16-4-1-2-5-17(16)23-18/h1-2,4-5,7-10H,3,6,11-13H2,(H,21,24)(H,22,23). The van der Waals surface area contributed by atoms with Gasteiger partial charge in [0, 0.05) is 24.4 Å². The fourth-order valence-corrected chi connectivity index (χ4v) is 2.61. The number of amides is 1. The highest BCUT2D eigenvalue weighted by Crippen LogP contribution is 2.15. The molecule has 0 aliphatic carbocycles. The molecule has 6 heteroatoms. The fraction of sp³-hybridized carbons (Fsp3) is 0.263. The van der Waals surface area contributed by atoms with E-state index >= 15 is 0 Å². The maximum Gasteiger partial charge on any atom is 0.220 e. The van der Waals surface area contributed by atoms with Crippen LogP contribution in [0.25, 0.3) is 11.0 Å². The molecule has 5 nitrogen and oxygen atoms in total. The van der Waals surface area contributed by atoms with E-state index in [0.717, 1.165) is 22.6 Å². The van der Waals surface area contributed by atoms with Crippen LogP contribution in [0.2, 0.25) is 5.02 Å². The Morgan fingerprint density at radius 3 is 2.76 bits per heavy atom. The van der Waals surface area contributed by atoms with Crippen LogP contribution in [0.15, 0.2) is 48.5 Å². The van der Waals surface area contributed by atoms with Gasteiger partial charge in [-0.2, -0.15) is 0 Å². The first-order chi connectivity index (χ1) is 12.2. The fourth-order valence-electron chi connectivity index (χ4n) is 2.49. The summed E-state index contributed by atoms with van der Waals surface area (Å²) in [5, 5.41) is 3.59. The summed E-state index contributed by atoms with van der Waals surface area (Å²) in [6.45, 7) is 1.06. The van der Waals surface area contributed by atoms with Crippen molar-refractivity contribution in [3.8, 4) is 5.75 Å². The van der Waals surface area contributed by atoms with Crippen LogP contribution < -0.4 is 10.1 Å². The summed E-state index contributed by atoms with van der Waals surface area (Å²) in [6, 6.07) is 15.1. The molecule has 0 aliphatic heterocycles. The third-order valence-corrected chi connectivity index (χ3v) is 4.00. The van der Waals surface area contributed by atoms with Crippen LogP contribution in [-0.4, -0.2) is 29.0 Å². The molecule has 0 bridgehead atoms. The van der Waals surface area contributed by atoms with Crippen molar-refractivity contribution in [2.75, 3.05) is 13.2 Å². The smallest absolute Gasteiger partial charge is 0.220 e. The van der Waals surface area contributed by atoms with Crippen LogP contribution in [0, 0.1) is 0 Å². The number of aromatic amines is 1. The molecule has 0 unspecified atom stereocenters. The van der Waals surface area contributed by atoms with Crippen LogP contribution in [-0.2, 0) is 11.2 Å². The van der Waals surface area contributed by atoms with Crippen LogP contribution >= 0.6 is 11.6 Å². The lowest BCUT2D eigenvalue weighted by Crippen LogP contribution is -2.26. The van der Waals surface area contributed by atoms with E-state index in [-0.39, 0.29) is 5.91 Å². The van der Waals surface area contributed by atoms with Crippen molar-refractivity contribution in [1.29, 1.82) is 0 Å². The lowest BCUT2D eigenvalue weighted by atomic mass is 10.3. The van der Waals surface area contributed by atoms with E-state index in [9.17, 15) is 4.79 Å². The quantitative estimate of drug-likeness (QED) is 0.603. The number of aromatic nitrogens is 2. The predicted molar refractivity (Wildman–Crippen MR) is 99.0 cm³/mol. The minimum Gasteiger partial charge on any atom is -0.494 e. The van der Waals surface area contributed by atoms with Crippen LogP contribution in [0.5, 0.6) is 5.75 Å². The average molecular weight is 358 g/mol. The molecule has 0 fully saturated rings. The molecule has 0 spiro atoms. The lowest BCUT2D eigenvalue weighted by Gasteiger charge is -2.06. The second-order valence-electron chi connectivity index (χ2n) is 5.71. The number of nitrogens with one attached hydrogen (secondary N) is 2. The molecule has 1 aromatic heterocycles. The third kappa shape index (κ3) is 5.22. The average Bonchev–Trinajstić information content (AvgIpc) is 3.03. The largest absolute Gasteiger partial charge is 0.494 e. The van der Waals surface area contributed by atoms with Gasteiger partial charge in [0.05, 0.1) is 17.6 Å². The van der Waals surface area contributed by atoms with Crippen molar-refractivity contribution >= 4 is 28.5 Å². The normalized spacial score (nSPS) is 10.8. The molecular weight excluding hydrogens is 338 g/mol. The predicted octanol–water partition coefficient (Wildman–Crippen LogP) is 3.73. The SMILES string of the molecule is O=C(CCCOc1ccc(Cl)cc1)NCCc1nc2ccccc2[nH]1. The first-order valence-corrected chi connectivity index (χ1v) is 8.67. The molecule has 0 saturated carbocycles. The number of para-hydroxylation sites is 2. The number of fused-ring (bicyclic) bond motifs is 1. The van der Waals surface area contributed by atoms with E-state index in [4.69, 9.17) is 16.3 Å². The Balaban J connectivity index is 1.32. The van der Waals surface area contributed by atoms with E-state index < -0.39 is 0 Å². The van der Waals surface area contributed by atoms with Gasteiger partial charge in [-0.15, -0.1) is 0 Å². The number of carbonyl (C=O) groups is 1. The van der Waals surface area contributed by atoms with Gasteiger partial charge in [-0.25, -0.2) is 4.98 Å². The number of halogens is 1. The Morgan fingerprint density at radius 2 is 1.96 bits per heavy atom. The topological polar surface area (TPSA) is 67.0 Å². The third-order valence-electron chi connectivity index (χ3n) is 3.75. The van der Waals surface area contributed by atoms with E-state index in [0.29, 0.717) is 37.4 Å². The molecule has 0 saturated heterocycles. The van der Waals surface area contributed by atoms with Gasteiger partial charge >= 0.3 is 0 Å². The molecule has 3 rings (SSSR count). The van der Waals surface area contributed by atoms with Gasteiger partial charge in [-0.05, 0) is 42.8 Å². The number of benzene rings is 2. The molecule has 2 aromatic carbocycles. The summed E-state index contributed by atoms with van der Waals surface area (Å²) < 4.78 is 5.57. The number of hydrogen-bond acceptors (Lipinski definition) is 3. The van der Waals surface area contributed by atoms with E-state index in [2.05, 4.69) is 15.3 Å². The Hall–Kier alpha value is -2.53. The van der Waals surface area contributed by atoms with Crippen LogP contribution in [0.1, 0.15) is 18.7 Å². The number of carbonyl (C=O) groups excluding carboxylic acids is 1. The van der Waals surface area contributed by atoms with Gasteiger partial charge in [-0.1, -0.05) is 23.7 Å². The van der Waals surface area contributed by atoms with E-state index in [1.54, 1.807) is 12.1 Å². The Morgan fingerprint density at radius 1 is 1.16 bits per heavy atom. The van der Waals surface area contributed by atoms with Gasteiger partial charge < -0.3 is 15.0 Å². The highest BCUT2D eigenvalue weighted by molar-refractivity contribution is 6.30. The Kier molecular flexibility index (Phi) is 5.90. The number of rotatable bonds is 8. The molecule has 130 valence electrons. The minimum atomic E-state index is 0.0239. The zero-order valence-corrected chi connectivity index (χ0v) is 14.6. The summed E-state index contributed by atoms with van der Waals surface area (Å²) in [5.41, 5.74) is 1.96. The van der Waals surface area contributed by atoms with Crippen LogP contribution in [0.4, 0.5) is 0 Å². The Labute approximate surface area is 151 Å². The number of imidazole rings is 1. The second-order valence-corrected chi connectivity index (χ2v) is 6.14. The molecule has 3 aromatic rings. The van der Waals surface area contributed by atoms with Gasteiger partial charge in [0.1, 0.15) is 11.6 Å². The first-order valence-electron chi connectivity index (χ1n) is 8.29. The maximum absolute atomic E-state index is 11.8. The zero-order chi connectivity index (χ0) is 17.5. The minimum absolute atomic E-state index is 0.0239. The zero-order valence-electron chi connectivity index (χ0n) is 13.8. The number of hydrogen-bond donors (Lipinski definition) is 2. The Bertz CT molecular complexity index is 797. The lowest BCUT2D eigenvalue weighted by molar-refractivity contribution is -0.121. The van der Waals surface area contributed by atoms with Crippen molar-refractivity contribution in [2.24, 2.45) is 0 Å². The first kappa shape index (κ1) is 17.3. The summed E-state index contributed by atoms with van der Waals surface area (Å²) in [7, 11) is 0. The summed E-state index contributed by atoms with van der Waals surface area (Å²) in [6.07, 6.45) is 1.79. The molecule has 0 atom stereocenters. The van der Waals surface area contributed by atoms with Crippen LogP contribution in [0.3, 0.4) is 0 Å². The molecule has 1 heterocycles. The monoisotopic (exact) mass is 357 g/mol.